The minimum Gasteiger partial charge on any atom is -0.369 e. The summed E-state index contributed by atoms with van der Waals surface area (Å²) in [6.07, 6.45) is 8.36. The van der Waals surface area contributed by atoms with E-state index < -0.39 is 0 Å². The van der Waals surface area contributed by atoms with Crippen molar-refractivity contribution in [1.29, 1.82) is 0 Å². The van der Waals surface area contributed by atoms with E-state index in [-0.39, 0.29) is 11.6 Å². The summed E-state index contributed by atoms with van der Waals surface area (Å²) in [6.45, 7) is 2.93. The molecule has 96 valence electrons. The minimum atomic E-state index is -0.215. The fourth-order valence-electron chi connectivity index (χ4n) is 3.17. The Balaban J connectivity index is 2.02. The highest BCUT2D eigenvalue weighted by molar-refractivity contribution is 7.16. The molecule has 3 heterocycles. The lowest BCUT2D eigenvalue weighted by Gasteiger charge is -2.44. The highest BCUT2D eigenvalue weighted by Gasteiger charge is 2.45. The van der Waals surface area contributed by atoms with Crippen LogP contribution in [0.25, 0.3) is 0 Å². The number of thiophene rings is 1. The predicted molar refractivity (Wildman–Crippen MR) is 75.1 cm³/mol. The van der Waals surface area contributed by atoms with Crippen LogP contribution in [0.1, 0.15) is 30.2 Å². The van der Waals surface area contributed by atoms with Crippen molar-refractivity contribution in [3.05, 3.63) is 20.8 Å². The Morgan fingerprint density at radius 2 is 2.44 bits per heavy atom. The summed E-state index contributed by atoms with van der Waals surface area (Å²) in [6, 6.07) is 2.54. The van der Waals surface area contributed by atoms with Gasteiger partial charge >= 0.3 is 0 Å². The lowest BCUT2D eigenvalue weighted by molar-refractivity contribution is -0.0902. The van der Waals surface area contributed by atoms with Crippen LogP contribution in [0.2, 0.25) is 4.34 Å². The zero-order valence-electron chi connectivity index (χ0n) is 10.3. The maximum atomic E-state index is 6.17. The molecule has 1 saturated heterocycles. The van der Waals surface area contributed by atoms with E-state index >= 15 is 0 Å². The second-order valence-corrected chi connectivity index (χ2v) is 6.88. The largest absolute Gasteiger partial charge is 0.369 e. The first kappa shape index (κ1) is 12.5. The van der Waals surface area contributed by atoms with Crippen LogP contribution >= 0.6 is 22.9 Å². The molecule has 0 aliphatic carbocycles. The first-order chi connectivity index (χ1) is 8.63. The van der Waals surface area contributed by atoms with Crippen molar-refractivity contribution in [3.63, 3.8) is 0 Å². The summed E-state index contributed by atoms with van der Waals surface area (Å²) in [5.74, 6) is 2.82. The molecule has 2 aliphatic rings. The molecule has 1 aromatic rings. The van der Waals surface area contributed by atoms with Crippen LogP contribution in [-0.4, -0.2) is 18.7 Å². The van der Waals surface area contributed by atoms with E-state index in [4.69, 9.17) is 22.8 Å². The average Bonchev–Trinajstić information content (AvgIpc) is 2.71. The van der Waals surface area contributed by atoms with Crippen molar-refractivity contribution in [1.82, 2.24) is 5.32 Å². The molecular weight excluding hydrogens is 266 g/mol. The number of hydrogen-bond acceptors (Lipinski definition) is 3. The van der Waals surface area contributed by atoms with E-state index in [1.807, 2.05) is 0 Å². The highest BCUT2D eigenvalue weighted by atomic mass is 35.5. The van der Waals surface area contributed by atoms with Gasteiger partial charge in [-0.15, -0.1) is 17.8 Å². The molecule has 2 aliphatic heterocycles. The smallest absolute Gasteiger partial charge is 0.106 e. The number of fused-ring (bicyclic) bond motifs is 2. The van der Waals surface area contributed by atoms with Crippen molar-refractivity contribution in [3.8, 4) is 12.3 Å². The number of ether oxygens (including phenoxy) is 1. The standard InChI is InChI=1S/C14H16ClNOS/c1-3-11-8-14(7-9(2)16-11)13-10(4-5-17-14)6-12(15)18-13/h1,6,9,11,16H,4-5,7-8H2,2H3/t9-,11?,14-/m0/s1. The SMILES string of the molecule is C#CC1C[C@]2(C[C@H](C)N1)OCCc1cc(Cl)sc12. The normalized spacial score (nSPS) is 35.2. The maximum Gasteiger partial charge on any atom is 0.106 e. The van der Waals surface area contributed by atoms with Crippen LogP contribution in [0.3, 0.4) is 0 Å². The maximum absolute atomic E-state index is 6.17. The Morgan fingerprint density at radius 3 is 3.22 bits per heavy atom. The summed E-state index contributed by atoms with van der Waals surface area (Å²) in [5, 5.41) is 3.43. The minimum absolute atomic E-state index is 0.0839. The van der Waals surface area contributed by atoms with Gasteiger partial charge in [0.25, 0.3) is 0 Å². The molecule has 0 amide bonds. The van der Waals surface area contributed by atoms with Crippen molar-refractivity contribution in [2.24, 2.45) is 0 Å². The lowest BCUT2D eigenvalue weighted by Crippen LogP contribution is -2.52. The van der Waals surface area contributed by atoms with Crippen LogP contribution in [0.5, 0.6) is 0 Å². The van der Waals surface area contributed by atoms with Gasteiger partial charge in [-0.2, -0.15) is 0 Å². The van der Waals surface area contributed by atoms with Gasteiger partial charge in [0.15, 0.2) is 0 Å². The lowest BCUT2D eigenvalue weighted by atomic mass is 9.80. The number of hydrogen-bond donors (Lipinski definition) is 1. The van der Waals surface area contributed by atoms with Gasteiger partial charge in [-0.1, -0.05) is 17.5 Å². The number of nitrogens with one attached hydrogen (secondary N) is 1. The van der Waals surface area contributed by atoms with Gasteiger partial charge in [0, 0.05) is 17.3 Å². The van der Waals surface area contributed by atoms with Gasteiger partial charge in [-0.05, 0) is 31.4 Å². The average molecular weight is 282 g/mol. The molecular formula is C14H16ClNOS. The molecule has 0 aromatic carbocycles. The quantitative estimate of drug-likeness (QED) is 0.738. The number of terminal acetylenes is 1. The van der Waals surface area contributed by atoms with Crippen molar-refractivity contribution in [2.75, 3.05) is 6.61 Å². The van der Waals surface area contributed by atoms with E-state index in [9.17, 15) is 0 Å². The van der Waals surface area contributed by atoms with Crippen LogP contribution in [0, 0.1) is 12.3 Å². The molecule has 18 heavy (non-hydrogen) atoms. The Labute approximate surface area is 117 Å². The summed E-state index contributed by atoms with van der Waals surface area (Å²) in [7, 11) is 0. The molecule has 0 bridgehead atoms. The zero-order chi connectivity index (χ0) is 12.8. The van der Waals surface area contributed by atoms with Crippen LogP contribution in [-0.2, 0) is 16.8 Å². The van der Waals surface area contributed by atoms with E-state index in [1.165, 1.54) is 10.4 Å². The van der Waals surface area contributed by atoms with E-state index in [0.29, 0.717) is 6.04 Å². The van der Waals surface area contributed by atoms with E-state index in [0.717, 1.165) is 30.2 Å². The second-order valence-electron chi connectivity index (χ2n) is 5.19. The summed E-state index contributed by atoms with van der Waals surface area (Å²) in [5.41, 5.74) is 1.13. The second kappa shape index (κ2) is 4.54. The summed E-state index contributed by atoms with van der Waals surface area (Å²) >= 11 is 7.82. The third kappa shape index (κ3) is 1.98. The van der Waals surface area contributed by atoms with Gasteiger partial charge in [0.1, 0.15) is 5.60 Å². The van der Waals surface area contributed by atoms with Crippen molar-refractivity contribution < 1.29 is 4.74 Å². The molecule has 1 N–H and O–H groups in total. The Kier molecular flexibility index (Phi) is 3.15. The molecule has 1 unspecified atom stereocenters. The van der Waals surface area contributed by atoms with E-state index in [1.54, 1.807) is 11.3 Å². The molecule has 2 nitrogen and oxygen atoms in total. The van der Waals surface area contributed by atoms with E-state index in [2.05, 4.69) is 24.2 Å². The monoisotopic (exact) mass is 281 g/mol. The van der Waals surface area contributed by atoms with Crippen LogP contribution in [0.15, 0.2) is 6.07 Å². The van der Waals surface area contributed by atoms with Crippen molar-refractivity contribution in [2.45, 2.75) is 43.9 Å². The van der Waals surface area contributed by atoms with Gasteiger partial charge in [-0.25, -0.2) is 0 Å². The first-order valence-electron chi connectivity index (χ1n) is 6.28. The van der Waals surface area contributed by atoms with Gasteiger partial charge in [0.2, 0.25) is 0 Å². The third-order valence-electron chi connectivity index (χ3n) is 3.80. The van der Waals surface area contributed by atoms with Crippen molar-refractivity contribution >= 4 is 22.9 Å². The number of piperidine rings is 1. The fraction of sp³-hybridized carbons (Fsp3) is 0.571. The molecule has 3 rings (SSSR count). The number of rotatable bonds is 0. The topological polar surface area (TPSA) is 21.3 Å². The molecule has 1 spiro atoms. The molecule has 4 heteroatoms. The van der Waals surface area contributed by atoms with Crippen LogP contribution in [0.4, 0.5) is 0 Å². The Bertz CT molecular complexity index is 506. The molecule has 1 aromatic heterocycles. The zero-order valence-corrected chi connectivity index (χ0v) is 11.9. The predicted octanol–water partition coefficient (Wildman–Crippen LogP) is 2.94. The summed E-state index contributed by atoms with van der Waals surface area (Å²) < 4.78 is 7.02. The van der Waals surface area contributed by atoms with Gasteiger partial charge in [-0.3, -0.25) is 0 Å². The molecule has 1 fully saturated rings. The summed E-state index contributed by atoms with van der Waals surface area (Å²) in [4.78, 5) is 1.30. The molecule has 0 saturated carbocycles. The Morgan fingerprint density at radius 1 is 1.61 bits per heavy atom. The van der Waals surface area contributed by atoms with Gasteiger partial charge < -0.3 is 10.1 Å². The molecule has 3 atom stereocenters. The van der Waals surface area contributed by atoms with Gasteiger partial charge in [0.05, 0.1) is 17.0 Å². The Hall–Kier alpha value is -0.530. The highest BCUT2D eigenvalue weighted by Crippen LogP contribution is 2.47. The first-order valence-corrected chi connectivity index (χ1v) is 7.47. The van der Waals surface area contributed by atoms with Crippen LogP contribution < -0.4 is 5.32 Å². The number of halogens is 1. The third-order valence-corrected chi connectivity index (χ3v) is 5.29. The molecule has 0 radical (unpaired) electrons. The fourth-order valence-corrected chi connectivity index (χ4v) is 4.63.